The zero-order valence-electron chi connectivity index (χ0n) is 2.99. The average molecular weight is 115 g/mol. The van der Waals surface area contributed by atoms with Crippen molar-refractivity contribution in [3.63, 3.8) is 0 Å². The minimum absolute atomic E-state index is 2.76. The van der Waals surface area contributed by atoms with E-state index >= 15 is 0 Å². The quantitative estimate of drug-likeness (QED) is 0.470. The summed E-state index contributed by atoms with van der Waals surface area (Å²) in [5, 5.41) is 7.12. The maximum atomic E-state index is 10.6. The van der Waals surface area contributed by atoms with Crippen molar-refractivity contribution in [3.05, 3.63) is 0 Å². The zero-order chi connectivity index (χ0) is 6.08. The van der Waals surface area contributed by atoms with E-state index in [9.17, 15) is 13.2 Å². The number of hydrogen-bond acceptors (Lipinski definition) is 1. The van der Waals surface area contributed by atoms with Gasteiger partial charge in [-0.15, -0.1) is 0 Å². The molecule has 0 rings (SSSR count). The fourth-order valence-electron chi connectivity index (χ4n) is 0. The van der Waals surface area contributed by atoms with E-state index in [1.165, 1.54) is 0 Å². The number of carboxylic acids is 1. The van der Waals surface area contributed by atoms with Gasteiger partial charge in [0.2, 0.25) is 0 Å². The predicted octanol–water partition coefficient (Wildman–Crippen LogP) is 0.633. The van der Waals surface area contributed by atoms with Crippen LogP contribution >= 0.6 is 0 Å². The summed E-state index contributed by atoms with van der Waals surface area (Å²) in [6, 6.07) is 0. The average Bonchev–Trinajstić information content (AvgIpc) is 1.31. The van der Waals surface area contributed by atoms with Gasteiger partial charge < -0.3 is 5.11 Å². The van der Waals surface area contributed by atoms with Crippen LogP contribution in [-0.4, -0.2) is 17.3 Å². The van der Waals surface area contributed by atoms with E-state index in [2.05, 4.69) is 0 Å². The van der Waals surface area contributed by atoms with Crippen molar-refractivity contribution in [1.82, 2.24) is 0 Å². The first-order valence-corrected chi connectivity index (χ1v) is 1.24. The fourth-order valence-corrected chi connectivity index (χ4v) is 0. The van der Waals surface area contributed by atoms with Gasteiger partial charge in [-0.3, -0.25) is 0 Å². The second-order valence-electron chi connectivity index (χ2n) is 0.803. The Morgan fingerprint density at radius 2 is 1.57 bits per heavy atom. The van der Waals surface area contributed by atoms with E-state index in [4.69, 9.17) is 9.90 Å². The van der Waals surface area contributed by atoms with Crippen LogP contribution in [0.3, 0.4) is 0 Å². The molecule has 0 aromatic rings. The summed E-state index contributed by atoms with van der Waals surface area (Å²) in [5.74, 6) is -2.76. The monoisotopic (exact) mass is 115 g/mol. The summed E-state index contributed by atoms with van der Waals surface area (Å²) in [6.07, 6.45) is -5.08. The van der Waals surface area contributed by atoms with Crippen LogP contribution in [-0.2, 0) is 4.79 Å². The Hall–Kier alpha value is -0.740. The van der Waals surface area contributed by atoms with Gasteiger partial charge in [0, 0.05) is 0 Å². The molecule has 0 amide bonds. The summed E-state index contributed by atoms with van der Waals surface area (Å²) in [5.41, 5.74) is 0. The lowest BCUT2D eigenvalue weighted by Gasteiger charge is -1.93. The number of aliphatic carboxylic acids is 1. The summed E-state index contributed by atoms with van der Waals surface area (Å²) in [6.45, 7) is 0. The number of carboxylic acid groups (broad SMARTS) is 1. The highest BCUT2D eigenvalue weighted by atomic mass is 19.4. The first-order valence-electron chi connectivity index (χ1n) is 1.24. The van der Waals surface area contributed by atoms with Crippen LogP contribution in [0.2, 0.25) is 0 Å². The SMILES string of the molecule is O=[13C](O)C(F)(F)F. The Labute approximate surface area is 36.6 Å². The molecule has 7 heavy (non-hydrogen) atoms. The molecule has 0 spiro atoms. The Balaban J connectivity index is 3.79. The summed E-state index contributed by atoms with van der Waals surface area (Å²) >= 11 is 0. The molecule has 0 unspecified atom stereocenters. The summed E-state index contributed by atoms with van der Waals surface area (Å²) in [4.78, 5) is 8.90. The van der Waals surface area contributed by atoms with Crippen molar-refractivity contribution in [2.24, 2.45) is 0 Å². The van der Waals surface area contributed by atoms with Crippen LogP contribution in [0.1, 0.15) is 0 Å². The van der Waals surface area contributed by atoms with E-state index in [1.807, 2.05) is 0 Å². The molecule has 1 N–H and O–H groups in total. The standard InChI is InChI=1S/C2HF3O2/c3-2(4,5)1(6)7/h(H,6,7)/i1+1. The van der Waals surface area contributed by atoms with Gasteiger partial charge in [0.25, 0.3) is 0 Å². The maximum absolute atomic E-state index is 10.6. The predicted molar refractivity (Wildman–Crippen MR) is 13.7 cm³/mol. The van der Waals surface area contributed by atoms with Crippen LogP contribution in [0.4, 0.5) is 13.2 Å². The van der Waals surface area contributed by atoms with Crippen LogP contribution in [0.5, 0.6) is 0 Å². The van der Waals surface area contributed by atoms with E-state index in [0.29, 0.717) is 0 Å². The molecule has 0 radical (unpaired) electrons. The Morgan fingerprint density at radius 1 is 1.43 bits per heavy atom. The van der Waals surface area contributed by atoms with Crippen LogP contribution in [0.25, 0.3) is 0 Å². The molecule has 0 aliphatic rings. The lowest BCUT2D eigenvalue weighted by molar-refractivity contribution is -0.192. The molecule has 5 heteroatoms. The van der Waals surface area contributed by atoms with Gasteiger partial charge in [-0.05, 0) is 0 Å². The molecule has 0 atom stereocenters. The van der Waals surface area contributed by atoms with Gasteiger partial charge in [-0.25, -0.2) is 4.79 Å². The van der Waals surface area contributed by atoms with Gasteiger partial charge in [0.1, 0.15) is 0 Å². The Kier molecular flexibility index (Phi) is 1.25. The van der Waals surface area contributed by atoms with Gasteiger partial charge >= 0.3 is 12.1 Å². The topological polar surface area (TPSA) is 37.3 Å². The molecule has 0 saturated heterocycles. The molecule has 0 fully saturated rings. The van der Waals surface area contributed by atoms with Crippen molar-refractivity contribution in [2.45, 2.75) is 6.18 Å². The van der Waals surface area contributed by atoms with Gasteiger partial charge in [0.05, 0.1) is 0 Å². The van der Waals surface area contributed by atoms with Crippen LogP contribution < -0.4 is 0 Å². The molecule has 0 aliphatic carbocycles. The Morgan fingerprint density at radius 3 is 1.57 bits per heavy atom. The summed E-state index contributed by atoms with van der Waals surface area (Å²) < 4.78 is 31.7. The van der Waals surface area contributed by atoms with E-state index in [0.717, 1.165) is 0 Å². The van der Waals surface area contributed by atoms with Crippen LogP contribution in [0.15, 0.2) is 0 Å². The number of rotatable bonds is 0. The molecule has 0 aromatic heterocycles. The molecular weight excluding hydrogens is 114 g/mol. The lowest BCUT2D eigenvalue weighted by atomic mass is 11.0. The molecule has 42 valence electrons. The number of carbonyl (C=O) groups is 1. The van der Waals surface area contributed by atoms with Crippen molar-refractivity contribution in [3.8, 4) is 0 Å². The highest BCUT2D eigenvalue weighted by molar-refractivity contribution is 5.73. The molecule has 0 saturated carbocycles. The lowest BCUT2D eigenvalue weighted by Crippen LogP contribution is -2.21. The number of hydrogen-bond donors (Lipinski definition) is 1. The van der Waals surface area contributed by atoms with Gasteiger partial charge in [0.15, 0.2) is 0 Å². The normalized spacial score (nSPS) is 11.3. The first kappa shape index (κ1) is 6.26. The third kappa shape index (κ3) is 2.02. The molecule has 0 aromatic carbocycles. The highest BCUT2D eigenvalue weighted by Crippen LogP contribution is 2.13. The van der Waals surface area contributed by atoms with Crippen LogP contribution in [0, 0.1) is 0 Å². The molecule has 2 nitrogen and oxygen atoms in total. The van der Waals surface area contributed by atoms with Crippen molar-refractivity contribution in [1.29, 1.82) is 0 Å². The van der Waals surface area contributed by atoms with Crippen molar-refractivity contribution >= 4 is 5.97 Å². The van der Waals surface area contributed by atoms with Crippen molar-refractivity contribution < 1.29 is 23.1 Å². The van der Waals surface area contributed by atoms with E-state index < -0.39 is 12.1 Å². The van der Waals surface area contributed by atoms with Gasteiger partial charge in [-0.2, -0.15) is 13.2 Å². The third-order valence-electron chi connectivity index (χ3n) is 0.243. The highest BCUT2D eigenvalue weighted by Gasteiger charge is 2.38. The first-order chi connectivity index (χ1) is 2.94. The molecular formula is C2HF3O2. The summed E-state index contributed by atoms with van der Waals surface area (Å²) in [7, 11) is 0. The largest absolute Gasteiger partial charge is 0.490 e. The van der Waals surface area contributed by atoms with E-state index in [-0.39, 0.29) is 0 Å². The smallest absolute Gasteiger partial charge is 0.475 e. The fraction of sp³-hybridized carbons (Fsp3) is 0.500. The number of halogens is 3. The molecule has 0 bridgehead atoms. The molecule has 0 aliphatic heterocycles. The number of alkyl halides is 3. The second-order valence-corrected chi connectivity index (χ2v) is 0.803. The minimum Gasteiger partial charge on any atom is -0.475 e. The van der Waals surface area contributed by atoms with Crippen molar-refractivity contribution in [2.75, 3.05) is 0 Å². The van der Waals surface area contributed by atoms with E-state index in [1.54, 1.807) is 0 Å². The molecule has 0 heterocycles. The van der Waals surface area contributed by atoms with Gasteiger partial charge in [-0.1, -0.05) is 0 Å². The third-order valence-corrected chi connectivity index (χ3v) is 0.243. The minimum atomic E-state index is -5.08. The Bertz CT molecular complexity index is 83.4. The second kappa shape index (κ2) is 1.40. The maximum Gasteiger partial charge on any atom is 0.490 e. The zero-order valence-corrected chi connectivity index (χ0v) is 2.99.